The second-order valence-corrected chi connectivity index (χ2v) is 9.66. The summed E-state index contributed by atoms with van der Waals surface area (Å²) < 4.78 is 0. The van der Waals surface area contributed by atoms with E-state index in [0.717, 1.165) is 32.1 Å². The molecule has 3 nitrogen and oxygen atoms in total. The van der Waals surface area contributed by atoms with Gasteiger partial charge in [0.05, 0.1) is 0 Å². The van der Waals surface area contributed by atoms with Crippen LogP contribution in [0.2, 0.25) is 0 Å². The van der Waals surface area contributed by atoms with E-state index in [-0.39, 0.29) is 28.4 Å². The molecule has 4 aliphatic rings. The van der Waals surface area contributed by atoms with Crippen LogP contribution in [0.3, 0.4) is 0 Å². The fourth-order valence-electron chi connectivity index (χ4n) is 7.53. The molecule has 0 heterocycles. The summed E-state index contributed by atoms with van der Waals surface area (Å²) in [5.74, 6) is 2.63. The Morgan fingerprint density at radius 3 is 2.50 bits per heavy atom. The van der Waals surface area contributed by atoms with Gasteiger partial charge in [-0.25, -0.2) is 0 Å². The minimum Gasteiger partial charge on any atom is -0.300 e. The first-order valence-corrected chi connectivity index (χ1v) is 9.82. The molecule has 7 atom stereocenters. The van der Waals surface area contributed by atoms with Gasteiger partial charge in [-0.2, -0.15) is 0 Å². The van der Waals surface area contributed by atoms with Gasteiger partial charge in [-0.1, -0.05) is 13.8 Å². The molecule has 0 bridgehead atoms. The maximum atomic E-state index is 13.3. The van der Waals surface area contributed by atoms with E-state index in [9.17, 15) is 14.4 Å². The molecule has 0 spiro atoms. The van der Waals surface area contributed by atoms with Gasteiger partial charge in [0.2, 0.25) is 0 Å². The molecule has 0 N–H and O–H groups in total. The lowest BCUT2D eigenvalue weighted by molar-refractivity contribution is -0.161. The predicted molar refractivity (Wildman–Crippen MR) is 91.3 cm³/mol. The van der Waals surface area contributed by atoms with Crippen molar-refractivity contribution in [1.29, 1.82) is 0 Å². The first-order chi connectivity index (χ1) is 11.3. The number of carbonyl (C=O) groups excluding carboxylic acids is 3. The van der Waals surface area contributed by atoms with Crippen LogP contribution in [0, 0.1) is 40.4 Å². The van der Waals surface area contributed by atoms with Crippen LogP contribution < -0.4 is 0 Å². The fourth-order valence-corrected chi connectivity index (χ4v) is 7.53. The number of hydrogen-bond acceptors (Lipinski definition) is 3. The highest BCUT2D eigenvalue weighted by Gasteiger charge is 2.63. The van der Waals surface area contributed by atoms with E-state index in [2.05, 4.69) is 13.8 Å². The van der Waals surface area contributed by atoms with Crippen LogP contribution in [-0.4, -0.2) is 17.3 Å². The molecule has 4 rings (SSSR count). The third-order valence-electron chi connectivity index (χ3n) is 8.66. The van der Waals surface area contributed by atoms with Crippen molar-refractivity contribution >= 4 is 17.3 Å². The molecular formula is C21H30O3. The van der Waals surface area contributed by atoms with Gasteiger partial charge in [0.1, 0.15) is 17.3 Å². The molecule has 4 unspecified atom stereocenters. The maximum absolute atomic E-state index is 13.3. The zero-order chi connectivity index (χ0) is 17.3. The van der Waals surface area contributed by atoms with Gasteiger partial charge in [0.25, 0.3) is 0 Å². The Kier molecular flexibility index (Phi) is 3.61. The van der Waals surface area contributed by atoms with Crippen LogP contribution >= 0.6 is 0 Å². The summed E-state index contributed by atoms with van der Waals surface area (Å²) in [7, 11) is 0. The summed E-state index contributed by atoms with van der Waals surface area (Å²) in [6, 6.07) is 0. The second kappa shape index (κ2) is 5.25. The molecule has 4 aliphatic carbocycles. The van der Waals surface area contributed by atoms with Gasteiger partial charge in [-0.3, -0.25) is 14.4 Å². The van der Waals surface area contributed by atoms with Gasteiger partial charge in [-0.15, -0.1) is 0 Å². The summed E-state index contributed by atoms with van der Waals surface area (Å²) in [5, 5.41) is 0. The summed E-state index contributed by atoms with van der Waals surface area (Å²) in [6.45, 7) is 6.21. The highest BCUT2D eigenvalue weighted by molar-refractivity contribution is 5.87. The Morgan fingerprint density at radius 1 is 1.04 bits per heavy atom. The van der Waals surface area contributed by atoms with Crippen LogP contribution in [0.25, 0.3) is 0 Å². The van der Waals surface area contributed by atoms with Crippen molar-refractivity contribution in [3.63, 3.8) is 0 Å². The highest BCUT2D eigenvalue weighted by atomic mass is 16.1. The molecule has 0 aliphatic heterocycles. The average Bonchev–Trinajstić information content (AvgIpc) is 2.84. The number of carbonyl (C=O) groups is 3. The Morgan fingerprint density at radius 2 is 1.79 bits per heavy atom. The molecule has 0 aromatic rings. The van der Waals surface area contributed by atoms with Crippen molar-refractivity contribution in [3.8, 4) is 0 Å². The van der Waals surface area contributed by atoms with Crippen molar-refractivity contribution in [1.82, 2.24) is 0 Å². The second-order valence-electron chi connectivity index (χ2n) is 9.66. The van der Waals surface area contributed by atoms with Gasteiger partial charge >= 0.3 is 0 Å². The van der Waals surface area contributed by atoms with Gasteiger partial charge in [0.15, 0.2) is 0 Å². The lowest BCUT2D eigenvalue weighted by Gasteiger charge is -2.59. The standard InChI is InChI=1S/C21H30O3/c1-12(22)16-6-7-17-15-5-4-13-10-14(23)8-9-20(13,2)19(15)18(24)11-21(16,17)3/h13,15-17,19H,4-11H2,1-3H3/t13?,15?,16-,17?,19?,20+,21-/m1/s1. The fraction of sp³-hybridized carbons (Fsp3) is 0.857. The summed E-state index contributed by atoms with van der Waals surface area (Å²) in [6.07, 6.45) is 7.05. The topological polar surface area (TPSA) is 51.2 Å². The number of rotatable bonds is 1. The number of ketones is 3. The normalized spacial score (nSPS) is 50.9. The van der Waals surface area contributed by atoms with Crippen molar-refractivity contribution < 1.29 is 14.4 Å². The van der Waals surface area contributed by atoms with Crippen LogP contribution in [0.15, 0.2) is 0 Å². The molecule has 4 fully saturated rings. The first-order valence-electron chi connectivity index (χ1n) is 9.82. The third-order valence-corrected chi connectivity index (χ3v) is 8.66. The molecule has 0 aromatic carbocycles. The van der Waals surface area contributed by atoms with Crippen molar-refractivity contribution in [2.24, 2.45) is 40.4 Å². The number of Topliss-reactive ketones (excluding diaryl/α,β-unsaturated/α-hetero) is 3. The van der Waals surface area contributed by atoms with E-state index >= 15 is 0 Å². The SMILES string of the molecule is CC(=O)[C@H]1CCC2C3CCC4CC(=O)CC[C@]4(C)C3C(=O)C[C@@]21C. The largest absolute Gasteiger partial charge is 0.300 e. The van der Waals surface area contributed by atoms with Crippen LogP contribution in [-0.2, 0) is 14.4 Å². The summed E-state index contributed by atoms with van der Waals surface area (Å²) >= 11 is 0. The molecule has 0 aromatic heterocycles. The van der Waals surface area contributed by atoms with Crippen molar-refractivity contribution in [3.05, 3.63) is 0 Å². The molecule has 0 saturated heterocycles. The molecule has 3 heteroatoms. The van der Waals surface area contributed by atoms with E-state index < -0.39 is 0 Å². The van der Waals surface area contributed by atoms with Crippen LogP contribution in [0.1, 0.15) is 72.1 Å². The molecular weight excluding hydrogens is 300 g/mol. The lowest BCUT2D eigenvalue weighted by atomic mass is 9.44. The van der Waals surface area contributed by atoms with Crippen LogP contribution in [0.4, 0.5) is 0 Å². The summed E-state index contributed by atoms with van der Waals surface area (Å²) in [5.41, 5.74) is -0.0959. The Balaban J connectivity index is 1.69. The third kappa shape index (κ3) is 2.05. The zero-order valence-corrected chi connectivity index (χ0v) is 15.3. The minimum absolute atomic E-state index is 0.0174. The number of fused-ring (bicyclic) bond motifs is 5. The van der Waals surface area contributed by atoms with Gasteiger partial charge in [-0.05, 0) is 67.6 Å². The predicted octanol–water partition coefficient (Wildman–Crippen LogP) is 3.98. The van der Waals surface area contributed by atoms with Crippen molar-refractivity contribution in [2.45, 2.75) is 72.1 Å². The molecule has 4 saturated carbocycles. The van der Waals surface area contributed by atoms with E-state index in [1.807, 2.05) is 0 Å². The smallest absolute Gasteiger partial charge is 0.137 e. The molecule has 132 valence electrons. The first kappa shape index (κ1) is 16.5. The Labute approximate surface area is 144 Å². The monoisotopic (exact) mass is 330 g/mol. The molecule has 0 amide bonds. The maximum Gasteiger partial charge on any atom is 0.137 e. The van der Waals surface area contributed by atoms with Gasteiger partial charge < -0.3 is 0 Å². The number of hydrogen-bond donors (Lipinski definition) is 0. The van der Waals surface area contributed by atoms with E-state index in [0.29, 0.717) is 48.6 Å². The molecule has 0 radical (unpaired) electrons. The van der Waals surface area contributed by atoms with Gasteiger partial charge in [0, 0.05) is 31.1 Å². The van der Waals surface area contributed by atoms with Crippen LogP contribution in [0.5, 0.6) is 0 Å². The minimum atomic E-state index is -0.113. The quantitative estimate of drug-likeness (QED) is 0.730. The summed E-state index contributed by atoms with van der Waals surface area (Å²) in [4.78, 5) is 37.4. The molecule has 24 heavy (non-hydrogen) atoms. The van der Waals surface area contributed by atoms with E-state index in [1.54, 1.807) is 6.92 Å². The Hall–Kier alpha value is -0.990. The van der Waals surface area contributed by atoms with Crippen molar-refractivity contribution in [2.75, 3.05) is 0 Å². The van der Waals surface area contributed by atoms with E-state index in [1.165, 1.54) is 0 Å². The van der Waals surface area contributed by atoms with E-state index in [4.69, 9.17) is 0 Å². The Bertz CT molecular complexity index is 608. The highest BCUT2D eigenvalue weighted by Crippen LogP contribution is 2.66. The average molecular weight is 330 g/mol. The zero-order valence-electron chi connectivity index (χ0n) is 15.3. The lowest BCUT2D eigenvalue weighted by Crippen LogP contribution is -2.57.